The maximum absolute atomic E-state index is 5.84. The molecular formula is C14H12N3. The van der Waals surface area contributed by atoms with Crippen molar-refractivity contribution in [2.75, 3.05) is 5.73 Å². The number of hydrogen-bond donors (Lipinski definition) is 2. The zero-order chi connectivity index (χ0) is 11.8. The molecule has 0 atom stereocenters. The smallest absolute Gasteiger partial charge is 0.0971 e. The van der Waals surface area contributed by atoms with Crippen LogP contribution in [-0.4, -0.2) is 9.97 Å². The molecule has 3 N–H and O–H groups in total. The van der Waals surface area contributed by atoms with E-state index in [1.54, 1.807) is 6.20 Å². The summed E-state index contributed by atoms with van der Waals surface area (Å²) in [7, 11) is 0. The molecule has 3 nitrogen and oxygen atoms in total. The Balaban J connectivity index is 2.35. The average Bonchev–Trinajstić information content (AvgIpc) is 2.65. The van der Waals surface area contributed by atoms with Crippen LogP contribution >= 0.6 is 0 Å². The minimum absolute atomic E-state index is 0.765. The Kier molecular flexibility index (Phi) is 2.11. The number of aromatic amines is 1. The number of anilines is 1. The minimum Gasteiger partial charge on any atom is -0.399 e. The third-order valence-electron chi connectivity index (χ3n) is 2.89. The topological polar surface area (TPSA) is 54.7 Å². The van der Waals surface area contributed by atoms with Crippen LogP contribution in [0.25, 0.3) is 22.0 Å². The van der Waals surface area contributed by atoms with Crippen LogP contribution in [-0.2, 0) is 0 Å². The Morgan fingerprint density at radius 2 is 2.18 bits per heavy atom. The molecule has 0 aliphatic heterocycles. The summed E-state index contributed by atoms with van der Waals surface area (Å²) < 4.78 is 0. The van der Waals surface area contributed by atoms with Crippen LogP contribution in [0.5, 0.6) is 0 Å². The van der Waals surface area contributed by atoms with Gasteiger partial charge in [-0.25, -0.2) is 0 Å². The van der Waals surface area contributed by atoms with E-state index in [0.29, 0.717) is 0 Å². The number of pyridine rings is 1. The van der Waals surface area contributed by atoms with Crippen molar-refractivity contribution in [3.63, 3.8) is 0 Å². The number of nitrogen functional groups attached to an aromatic ring is 1. The van der Waals surface area contributed by atoms with Gasteiger partial charge in [0.05, 0.1) is 6.20 Å². The maximum Gasteiger partial charge on any atom is 0.0971 e. The fourth-order valence-corrected chi connectivity index (χ4v) is 2.16. The van der Waals surface area contributed by atoms with Crippen molar-refractivity contribution in [2.45, 2.75) is 6.92 Å². The molecule has 3 heteroatoms. The van der Waals surface area contributed by atoms with E-state index in [1.165, 1.54) is 0 Å². The average molecular weight is 222 g/mol. The molecule has 0 bridgehead atoms. The van der Waals surface area contributed by atoms with E-state index in [2.05, 4.69) is 16.2 Å². The summed E-state index contributed by atoms with van der Waals surface area (Å²) in [6.45, 7) is 2.05. The van der Waals surface area contributed by atoms with Gasteiger partial charge in [0.1, 0.15) is 0 Å². The SMILES string of the molecule is Cc1[nH]c2ccc(N)cc2c1-c1[c]nccc1. The van der Waals surface area contributed by atoms with Gasteiger partial charge in [-0.15, -0.1) is 0 Å². The molecule has 3 rings (SSSR count). The number of hydrogen-bond acceptors (Lipinski definition) is 2. The number of aryl methyl sites for hydroxylation is 1. The van der Waals surface area contributed by atoms with Crippen molar-refractivity contribution in [3.05, 3.63) is 48.4 Å². The lowest BCUT2D eigenvalue weighted by molar-refractivity contribution is 1.28. The molecule has 0 amide bonds. The van der Waals surface area contributed by atoms with Gasteiger partial charge >= 0.3 is 0 Å². The van der Waals surface area contributed by atoms with Crippen LogP contribution < -0.4 is 5.73 Å². The van der Waals surface area contributed by atoms with Crippen LogP contribution in [0.15, 0.2) is 36.5 Å². The van der Waals surface area contributed by atoms with Crippen LogP contribution in [0.4, 0.5) is 5.69 Å². The van der Waals surface area contributed by atoms with Gasteiger partial charge in [0, 0.05) is 39.6 Å². The lowest BCUT2D eigenvalue weighted by Crippen LogP contribution is -1.84. The first-order valence-corrected chi connectivity index (χ1v) is 5.46. The largest absolute Gasteiger partial charge is 0.399 e. The van der Waals surface area contributed by atoms with Gasteiger partial charge in [-0.2, -0.15) is 0 Å². The molecule has 0 fully saturated rings. The van der Waals surface area contributed by atoms with Crippen molar-refractivity contribution < 1.29 is 0 Å². The molecule has 2 aromatic heterocycles. The molecule has 0 aliphatic carbocycles. The van der Waals surface area contributed by atoms with Gasteiger partial charge in [-0.05, 0) is 31.2 Å². The van der Waals surface area contributed by atoms with Gasteiger partial charge < -0.3 is 10.7 Å². The number of nitrogens with zero attached hydrogens (tertiary/aromatic N) is 1. The van der Waals surface area contributed by atoms with Crippen molar-refractivity contribution in [1.29, 1.82) is 0 Å². The molecule has 0 saturated heterocycles. The second kappa shape index (κ2) is 3.63. The number of H-pyrrole nitrogens is 1. The van der Waals surface area contributed by atoms with Gasteiger partial charge in [-0.1, -0.05) is 6.07 Å². The second-order valence-electron chi connectivity index (χ2n) is 4.09. The lowest BCUT2D eigenvalue weighted by atomic mass is 10.0. The van der Waals surface area contributed by atoms with Crippen LogP contribution in [0.3, 0.4) is 0 Å². The fourth-order valence-electron chi connectivity index (χ4n) is 2.16. The highest BCUT2D eigenvalue weighted by molar-refractivity contribution is 5.98. The molecule has 2 heterocycles. The van der Waals surface area contributed by atoms with Crippen molar-refractivity contribution in [3.8, 4) is 11.1 Å². The number of benzene rings is 1. The monoisotopic (exact) mass is 222 g/mol. The van der Waals surface area contributed by atoms with Gasteiger partial charge in [-0.3, -0.25) is 4.98 Å². The fraction of sp³-hybridized carbons (Fsp3) is 0.0714. The summed E-state index contributed by atoms with van der Waals surface area (Å²) in [4.78, 5) is 7.39. The number of nitrogens with two attached hydrogens (primary N) is 1. The van der Waals surface area contributed by atoms with E-state index in [9.17, 15) is 0 Å². The third-order valence-corrected chi connectivity index (χ3v) is 2.89. The zero-order valence-electron chi connectivity index (χ0n) is 9.49. The molecule has 0 unspecified atom stereocenters. The number of aromatic nitrogens is 2. The number of rotatable bonds is 1. The minimum atomic E-state index is 0.765. The van der Waals surface area contributed by atoms with E-state index >= 15 is 0 Å². The Bertz CT molecular complexity index is 669. The summed E-state index contributed by atoms with van der Waals surface area (Å²) in [6, 6.07) is 9.80. The summed E-state index contributed by atoms with van der Waals surface area (Å²) in [6.07, 6.45) is 4.74. The summed E-state index contributed by atoms with van der Waals surface area (Å²) in [5, 5.41) is 1.12. The Labute approximate surface area is 99.3 Å². The molecule has 1 aromatic carbocycles. The molecule has 0 saturated carbocycles. The zero-order valence-corrected chi connectivity index (χ0v) is 9.49. The first-order chi connectivity index (χ1) is 8.25. The van der Waals surface area contributed by atoms with E-state index in [-0.39, 0.29) is 0 Å². The van der Waals surface area contributed by atoms with E-state index < -0.39 is 0 Å². The Morgan fingerprint density at radius 1 is 1.29 bits per heavy atom. The summed E-state index contributed by atoms with van der Waals surface area (Å²) in [5.41, 5.74) is 10.9. The van der Waals surface area contributed by atoms with E-state index in [0.717, 1.165) is 33.4 Å². The second-order valence-corrected chi connectivity index (χ2v) is 4.09. The maximum atomic E-state index is 5.84. The van der Waals surface area contributed by atoms with Crippen LogP contribution in [0, 0.1) is 13.1 Å². The molecular weight excluding hydrogens is 210 g/mol. The first-order valence-electron chi connectivity index (χ1n) is 5.46. The first kappa shape index (κ1) is 9.90. The van der Waals surface area contributed by atoms with Gasteiger partial charge in [0.2, 0.25) is 0 Å². The van der Waals surface area contributed by atoms with Gasteiger partial charge in [0.15, 0.2) is 0 Å². The van der Waals surface area contributed by atoms with Crippen molar-refractivity contribution in [1.82, 2.24) is 9.97 Å². The van der Waals surface area contributed by atoms with Crippen molar-refractivity contribution >= 4 is 16.6 Å². The third kappa shape index (κ3) is 1.56. The Morgan fingerprint density at radius 3 is 2.94 bits per heavy atom. The Hall–Kier alpha value is -2.29. The molecule has 83 valence electrons. The summed E-state index contributed by atoms with van der Waals surface area (Å²) in [5.74, 6) is 0. The molecule has 0 aliphatic rings. The van der Waals surface area contributed by atoms with Crippen LogP contribution in [0.2, 0.25) is 0 Å². The number of nitrogens with one attached hydrogen (secondary N) is 1. The summed E-state index contributed by atoms with van der Waals surface area (Å²) >= 11 is 0. The van der Waals surface area contributed by atoms with E-state index in [4.69, 9.17) is 5.73 Å². The van der Waals surface area contributed by atoms with Crippen molar-refractivity contribution in [2.24, 2.45) is 0 Å². The highest BCUT2D eigenvalue weighted by Gasteiger charge is 2.10. The number of fused-ring (bicyclic) bond motifs is 1. The standard InChI is InChI=1S/C14H12N3/c1-9-14(10-3-2-6-16-8-10)12-7-11(15)4-5-13(12)17-9/h2-7,17H,15H2,1H3. The van der Waals surface area contributed by atoms with E-state index in [1.807, 2.05) is 37.3 Å². The van der Waals surface area contributed by atoms with Crippen LogP contribution in [0.1, 0.15) is 5.69 Å². The lowest BCUT2D eigenvalue weighted by Gasteiger charge is -2.00. The van der Waals surface area contributed by atoms with Gasteiger partial charge in [0.25, 0.3) is 0 Å². The molecule has 17 heavy (non-hydrogen) atoms. The quantitative estimate of drug-likeness (QED) is 0.622. The predicted molar refractivity (Wildman–Crippen MR) is 69.5 cm³/mol. The molecule has 1 radical (unpaired) electrons. The predicted octanol–water partition coefficient (Wildman–Crippen LogP) is 2.92. The highest BCUT2D eigenvalue weighted by Crippen LogP contribution is 2.32. The normalized spacial score (nSPS) is 10.9. The highest BCUT2D eigenvalue weighted by atomic mass is 14.7. The molecule has 3 aromatic rings. The molecule has 0 spiro atoms.